The monoisotopic (exact) mass is 190 g/mol. The van der Waals surface area contributed by atoms with Crippen molar-refractivity contribution < 1.29 is 19.1 Å². The van der Waals surface area contributed by atoms with Crippen molar-refractivity contribution in [3.05, 3.63) is 0 Å². The van der Waals surface area contributed by atoms with Gasteiger partial charge in [0.1, 0.15) is 0 Å². The van der Waals surface area contributed by atoms with E-state index < -0.39 is 0 Å². The fourth-order valence-electron chi connectivity index (χ4n) is 0.380. The fourth-order valence-corrected chi connectivity index (χ4v) is 0.380. The van der Waals surface area contributed by atoms with E-state index in [9.17, 15) is 9.59 Å². The predicted molar refractivity (Wildman–Crippen MR) is 49.2 cm³/mol. The highest BCUT2D eigenvalue weighted by atomic mass is 16.5. The van der Waals surface area contributed by atoms with Crippen LogP contribution < -0.4 is 0 Å². The Labute approximate surface area is 79.2 Å². The van der Waals surface area contributed by atoms with E-state index in [0.29, 0.717) is 6.42 Å². The summed E-state index contributed by atoms with van der Waals surface area (Å²) in [5, 5.41) is 0. The highest BCUT2D eigenvalue weighted by Crippen LogP contribution is 1.91. The second-order valence-corrected chi connectivity index (χ2v) is 2.61. The van der Waals surface area contributed by atoms with Gasteiger partial charge in [0.25, 0.3) is 0 Å². The van der Waals surface area contributed by atoms with Crippen LogP contribution in [0.4, 0.5) is 0 Å². The number of ether oxygens (including phenoxy) is 2. The molecule has 0 aliphatic rings. The van der Waals surface area contributed by atoms with Gasteiger partial charge in [0.05, 0.1) is 20.1 Å². The molecule has 0 fully saturated rings. The Kier molecular flexibility index (Phi) is 10.0. The van der Waals surface area contributed by atoms with Gasteiger partial charge in [0.2, 0.25) is 0 Å². The average Bonchev–Trinajstić information content (AvgIpc) is 2.16. The standard InChI is InChI=1S/C5H10O2.C4H8O2/c1-4(2)5(6)7-3;1-3-4(5)6-2/h4H,1-3H3;3H2,1-2H3. The molecular formula is C9H18O4. The first-order chi connectivity index (χ1) is 5.99. The highest BCUT2D eigenvalue weighted by Gasteiger charge is 2.03. The van der Waals surface area contributed by atoms with Crippen LogP contribution in [-0.2, 0) is 19.1 Å². The van der Waals surface area contributed by atoms with Crippen LogP contribution in [0.25, 0.3) is 0 Å². The first-order valence-electron chi connectivity index (χ1n) is 4.14. The molecule has 0 aliphatic heterocycles. The molecule has 0 aliphatic carbocycles. The van der Waals surface area contributed by atoms with Crippen molar-refractivity contribution in [3.63, 3.8) is 0 Å². The van der Waals surface area contributed by atoms with Crippen molar-refractivity contribution in [3.8, 4) is 0 Å². The molecule has 0 amide bonds. The number of rotatable bonds is 2. The minimum Gasteiger partial charge on any atom is -0.469 e. The lowest BCUT2D eigenvalue weighted by Crippen LogP contribution is -2.07. The zero-order valence-corrected chi connectivity index (χ0v) is 8.92. The summed E-state index contributed by atoms with van der Waals surface area (Å²) < 4.78 is 8.63. The van der Waals surface area contributed by atoms with Gasteiger partial charge in [-0.3, -0.25) is 9.59 Å². The first-order valence-corrected chi connectivity index (χ1v) is 4.14. The van der Waals surface area contributed by atoms with Crippen molar-refractivity contribution in [1.82, 2.24) is 0 Å². The molecule has 0 saturated carbocycles. The van der Waals surface area contributed by atoms with Crippen LogP contribution in [-0.4, -0.2) is 26.2 Å². The SMILES string of the molecule is CCC(=O)OC.COC(=O)C(C)C. The maximum atomic E-state index is 10.3. The van der Waals surface area contributed by atoms with Crippen molar-refractivity contribution >= 4 is 11.9 Å². The van der Waals surface area contributed by atoms with Crippen molar-refractivity contribution in [2.24, 2.45) is 5.92 Å². The number of methoxy groups -OCH3 is 2. The number of carbonyl (C=O) groups is 2. The van der Waals surface area contributed by atoms with Gasteiger partial charge in [-0.1, -0.05) is 20.8 Å². The summed E-state index contributed by atoms with van der Waals surface area (Å²) in [5.74, 6) is -0.306. The molecule has 0 aromatic carbocycles. The van der Waals surface area contributed by atoms with Crippen LogP contribution in [0, 0.1) is 5.92 Å². The van der Waals surface area contributed by atoms with E-state index in [4.69, 9.17) is 0 Å². The Bertz CT molecular complexity index is 146. The van der Waals surface area contributed by atoms with Gasteiger partial charge < -0.3 is 9.47 Å². The zero-order chi connectivity index (χ0) is 10.9. The van der Waals surface area contributed by atoms with Crippen LogP contribution in [0.3, 0.4) is 0 Å². The molecule has 0 spiro atoms. The molecule has 4 heteroatoms. The van der Waals surface area contributed by atoms with Gasteiger partial charge in [-0.05, 0) is 0 Å². The highest BCUT2D eigenvalue weighted by molar-refractivity contribution is 5.71. The summed E-state index contributed by atoms with van der Waals surface area (Å²) in [6.07, 6.45) is 0.469. The predicted octanol–water partition coefficient (Wildman–Crippen LogP) is 1.38. The van der Waals surface area contributed by atoms with Gasteiger partial charge in [-0.15, -0.1) is 0 Å². The van der Waals surface area contributed by atoms with Crippen LogP contribution in [0.5, 0.6) is 0 Å². The Morgan fingerprint density at radius 1 is 1.15 bits per heavy atom. The molecule has 4 nitrogen and oxygen atoms in total. The van der Waals surface area contributed by atoms with Crippen molar-refractivity contribution in [2.45, 2.75) is 27.2 Å². The second-order valence-electron chi connectivity index (χ2n) is 2.61. The molecule has 0 aromatic rings. The van der Waals surface area contributed by atoms with E-state index in [-0.39, 0.29) is 17.9 Å². The number of hydrogen-bond acceptors (Lipinski definition) is 4. The van der Waals surface area contributed by atoms with Crippen molar-refractivity contribution in [2.75, 3.05) is 14.2 Å². The Morgan fingerprint density at radius 3 is 1.62 bits per heavy atom. The minimum atomic E-state index is -0.157. The topological polar surface area (TPSA) is 52.6 Å². The molecule has 0 atom stereocenters. The lowest BCUT2D eigenvalue weighted by Gasteiger charge is -1.97. The van der Waals surface area contributed by atoms with E-state index >= 15 is 0 Å². The van der Waals surface area contributed by atoms with Crippen LogP contribution in [0.2, 0.25) is 0 Å². The normalized spacial score (nSPS) is 8.46. The quantitative estimate of drug-likeness (QED) is 0.617. The molecule has 0 rings (SSSR count). The lowest BCUT2D eigenvalue weighted by molar-refractivity contribution is -0.144. The van der Waals surface area contributed by atoms with Crippen molar-refractivity contribution in [1.29, 1.82) is 0 Å². The third-order valence-corrected chi connectivity index (χ3v) is 1.19. The molecule has 0 radical (unpaired) electrons. The Balaban J connectivity index is 0. The molecule has 0 aromatic heterocycles. The van der Waals surface area contributed by atoms with E-state index in [1.807, 2.05) is 0 Å². The Hall–Kier alpha value is -1.06. The van der Waals surface area contributed by atoms with Crippen LogP contribution in [0.1, 0.15) is 27.2 Å². The first kappa shape index (κ1) is 14.5. The third-order valence-electron chi connectivity index (χ3n) is 1.19. The molecule has 13 heavy (non-hydrogen) atoms. The van der Waals surface area contributed by atoms with E-state index in [2.05, 4.69) is 9.47 Å². The van der Waals surface area contributed by atoms with Gasteiger partial charge in [-0.2, -0.15) is 0 Å². The minimum absolute atomic E-state index is 0.00463. The lowest BCUT2D eigenvalue weighted by atomic mass is 10.2. The maximum absolute atomic E-state index is 10.3. The fraction of sp³-hybridized carbons (Fsp3) is 0.778. The van der Waals surface area contributed by atoms with E-state index in [1.165, 1.54) is 14.2 Å². The molecule has 0 N–H and O–H groups in total. The van der Waals surface area contributed by atoms with Gasteiger partial charge in [0.15, 0.2) is 0 Å². The van der Waals surface area contributed by atoms with E-state index in [1.54, 1.807) is 20.8 Å². The molecular weight excluding hydrogens is 172 g/mol. The summed E-state index contributed by atoms with van der Waals surface area (Å²) in [7, 11) is 2.77. The summed E-state index contributed by atoms with van der Waals surface area (Å²) >= 11 is 0. The maximum Gasteiger partial charge on any atom is 0.308 e. The molecule has 0 heterocycles. The number of hydrogen-bond donors (Lipinski definition) is 0. The molecule has 0 saturated heterocycles. The largest absolute Gasteiger partial charge is 0.469 e. The summed E-state index contributed by atoms with van der Waals surface area (Å²) in [5.41, 5.74) is 0. The smallest absolute Gasteiger partial charge is 0.308 e. The molecule has 0 unspecified atom stereocenters. The van der Waals surface area contributed by atoms with Gasteiger partial charge in [-0.25, -0.2) is 0 Å². The summed E-state index contributed by atoms with van der Waals surface area (Å²) in [6.45, 7) is 5.35. The average molecular weight is 190 g/mol. The number of carbonyl (C=O) groups excluding carboxylic acids is 2. The van der Waals surface area contributed by atoms with Gasteiger partial charge >= 0.3 is 11.9 Å². The molecule has 0 bridgehead atoms. The second kappa shape index (κ2) is 9.03. The van der Waals surface area contributed by atoms with Gasteiger partial charge in [0, 0.05) is 6.42 Å². The summed E-state index contributed by atoms with van der Waals surface area (Å²) in [6, 6.07) is 0. The number of esters is 2. The van der Waals surface area contributed by atoms with Crippen LogP contribution >= 0.6 is 0 Å². The third kappa shape index (κ3) is 10.9. The molecule has 78 valence electrons. The van der Waals surface area contributed by atoms with E-state index in [0.717, 1.165) is 0 Å². The Morgan fingerprint density at radius 2 is 1.62 bits per heavy atom. The summed E-state index contributed by atoms with van der Waals surface area (Å²) in [4.78, 5) is 20.2. The van der Waals surface area contributed by atoms with Crippen LogP contribution in [0.15, 0.2) is 0 Å². The zero-order valence-electron chi connectivity index (χ0n) is 8.92.